The third-order valence-corrected chi connectivity index (χ3v) is 4.76. The maximum Gasteiger partial charge on any atom is 0.408 e. The Morgan fingerprint density at radius 1 is 1.07 bits per heavy atom. The first-order valence-corrected chi connectivity index (χ1v) is 10.2. The van der Waals surface area contributed by atoms with Crippen molar-refractivity contribution in [2.75, 3.05) is 5.32 Å². The Balaban J connectivity index is 1.72. The number of pyridine rings is 1. The van der Waals surface area contributed by atoms with E-state index >= 15 is 0 Å². The number of anilines is 1. The van der Waals surface area contributed by atoms with Crippen molar-refractivity contribution < 1.29 is 14.3 Å². The highest BCUT2D eigenvalue weighted by molar-refractivity contribution is 7.18. The summed E-state index contributed by atoms with van der Waals surface area (Å²) in [6.45, 7) is 5.29. The molecule has 0 fully saturated rings. The number of amides is 2. The molecule has 8 nitrogen and oxygen atoms in total. The maximum atomic E-state index is 12.9. The van der Waals surface area contributed by atoms with Gasteiger partial charge in [0, 0.05) is 24.4 Å². The summed E-state index contributed by atoms with van der Waals surface area (Å²) in [5, 5.41) is 14.5. The number of nitrogens with one attached hydrogen (secondary N) is 2. The lowest BCUT2D eigenvalue weighted by Gasteiger charge is -2.23. The van der Waals surface area contributed by atoms with E-state index in [1.165, 1.54) is 11.3 Å². The molecule has 2 aromatic heterocycles. The molecule has 30 heavy (non-hydrogen) atoms. The minimum absolute atomic E-state index is 0.307. The van der Waals surface area contributed by atoms with E-state index in [0.29, 0.717) is 16.6 Å². The molecule has 2 N–H and O–H groups in total. The van der Waals surface area contributed by atoms with Gasteiger partial charge in [-0.05, 0) is 38.5 Å². The molecule has 2 heterocycles. The zero-order valence-corrected chi connectivity index (χ0v) is 17.8. The van der Waals surface area contributed by atoms with Crippen molar-refractivity contribution in [3.63, 3.8) is 0 Å². The van der Waals surface area contributed by atoms with Gasteiger partial charge in [-0.3, -0.25) is 15.1 Å². The van der Waals surface area contributed by atoms with Gasteiger partial charge in [0.25, 0.3) is 0 Å². The van der Waals surface area contributed by atoms with Gasteiger partial charge in [-0.25, -0.2) is 4.79 Å². The maximum absolute atomic E-state index is 12.9. The highest BCUT2D eigenvalue weighted by Crippen LogP contribution is 2.25. The summed E-state index contributed by atoms with van der Waals surface area (Å²) in [5.41, 5.74) is 1.09. The van der Waals surface area contributed by atoms with Crippen LogP contribution in [0.25, 0.3) is 10.6 Å². The van der Waals surface area contributed by atoms with E-state index < -0.39 is 23.6 Å². The number of aromatic nitrogens is 3. The average molecular weight is 426 g/mol. The first-order chi connectivity index (χ1) is 14.3. The number of carbonyl (C=O) groups is 2. The molecule has 0 bridgehead atoms. The molecule has 0 spiro atoms. The van der Waals surface area contributed by atoms with Crippen LogP contribution in [0.1, 0.15) is 26.3 Å². The van der Waals surface area contributed by atoms with E-state index in [9.17, 15) is 9.59 Å². The fraction of sp³-hybridized carbons (Fsp3) is 0.286. The largest absolute Gasteiger partial charge is 0.444 e. The number of hydrogen-bond acceptors (Lipinski definition) is 7. The lowest BCUT2D eigenvalue weighted by Crippen LogP contribution is -2.47. The second-order valence-electron chi connectivity index (χ2n) is 7.53. The van der Waals surface area contributed by atoms with Gasteiger partial charge in [0.2, 0.25) is 11.0 Å². The molecule has 0 aliphatic heterocycles. The Labute approximate surface area is 178 Å². The topological polar surface area (TPSA) is 106 Å². The molecule has 0 aliphatic rings. The van der Waals surface area contributed by atoms with Crippen molar-refractivity contribution in [3.8, 4) is 10.6 Å². The zero-order chi connectivity index (χ0) is 21.6. The lowest BCUT2D eigenvalue weighted by molar-refractivity contribution is -0.118. The number of ether oxygens (including phenoxy) is 1. The number of nitrogens with zero attached hydrogens (tertiary/aromatic N) is 3. The van der Waals surface area contributed by atoms with Crippen molar-refractivity contribution >= 4 is 28.5 Å². The fourth-order valence-electron chi connectivity index (χ4n) is 2.59. The zero-order valence-electron chi connectivity index (χ0n) is 17.0. The third-order valence-electron chi connectivity index (χ3n) is 3.87. The summed E-state index contributed by atoms with van der Waals surface area (Å²) in [6.07, 6.45) is 2.97. The van der Waals surface area contributed by atoms with Gasteiger partial charge in [0.15, 0.2) is 0 Å². The molecule has 1 atom stereocenters. The smallest absolute Gasteiger partial charge is 0.408 e. The predicted octanol–water partition coefficient (Wildman–Crippen LogP) is 3.67. The molecule has 0 saturated carbocycles. The molecule has 156 valence electrons. The summed E-state index contributed by atoms with van der Waals surface area (Å²) in [5.74, 6) is -0.401. The Morgan fingerprint density at radius 2 is 1.77 bits per heavy atom. The van der Waals surface area contributed by atoms with Crippen LogP contribution < -0.4 is 10.6 Å². The van der Waals surface area contributed by atoms with Gasteiger partial charge in [-0.15, -0.1) is 10.2 Å². The molecule has 3 aromatic rings. The molecule has 3 rings (SSSR count). The van der Waals surface area contributed by atoms with Gasteiger partial charge in [-0.1, -0.05) is 41.7 Å². The van der Waals surface area contributed by atoms with Crippen molar-refractivity contribution in [1.29, 1.82) is 0 Å². The van der Waals surface area contributed by atoms with Crippen LogP contribution in [0.3, 0.4) is 0 Å². The van der Waals surface area contributed by atoms with Gasteiger partial charge < -0.3 is 10.1 Å². The summed E-state index contributed by atoms with van der Waals surface area (Å²) in [7, 11) is 0. The fourth-order valence-corrected chi connectivity index (χ4v) is 3.34. The molecule has 0 unspecified atom stereocenters. The van der Waals surface area contributed by atoms with Gasteiger partial charge in [-0.2, -0.15) is 0 Å². The first kappa shape index (κ1) is 21.4. The first-order valence-electron chi connectivity index (χ1n) is 9.38. The Hall–Kier alpha value is -3.33. The summed E-state index contributed by atoms with van der Waals surface area (Å²) in [6, 6.07) is 12.2. The molecular formula is C21H23N5O3S. The minimum Gasteiger partial charge on any atom is -0.444 e. The second kappa shape index (κ2) is 9.45. The Bertz CT molecular complexity index is 987. The van der Waals surface area contributed by atoms with Crippen LogP contribution >= 0.6 is 11.3 Å². The molecule has 0 radical (unpaired) electrons. The van der Waals surface area contributed by atoms with Crippen LogP contribution in [-0.2, 0) is 16.0 Å². The van der Waals surface area contributed by atoms with E-state index in [1.807, 2.05) is 42.5 Å². The quantitative estimate of drug-likeness (QED) is 0.624. The summed E-state index contributed by atoms with van der Waals surface area (Å²) in [4.78, 5) is 29.1. The van der Waals surface area contributed by atoms with Crippen LogP contribution in [0, 0.1) is 0 Å². The molecule has 1 aromatic carbocycles. The SMILES string of the molecule is CC(C)(C)OC(=O)N[C@@H](Cc1ccccc1)C(=O)Nc1nnc(-c2ccncc2)s1. The highest BCUT2D eigenvalue weighted by atomic mass is 32.1. The van der Waals surface area contributed by atoms with E-state index in [0.717, 1.165) is 11.1 Å². The average Bonchev–Trinajstić information content (AvgIpc) is 3.16. The predicted molar refractivity (Wildman–Crippen MR) is 115 cm³/mol. The summed E-state index contributed by atoms with van der Waals surface area (Å²) >= 11 is 1.24. The van der Waals surface area contributed by atoms with Crippen LogP contribution in [-0.4, -0.2) is 38.8 Å². The van der Waals surface area contributed by atoms with Crippen LogP contribution in [0.5, 0.6) is 0 Å². The number of benzene rings is 1. The van der Waals surface area contributed by atoms with Gasteiger partial charge in [0.1, 0.15) is 16.7 Å². The van der Waals surface area contributed by atoms with E-state index in [4.69, 9.17) is 4.74 Å². The summed E-state index contributed by atoms with van der Waals surface area (Å²) < 4.78 is 5.31. The lowest BCUT2D eigenvalue weighted by atomic mass is 10.1. The van der Waals surface area contributed by atoms with Crippen molar-refractivity contribution in [1.82, 2.24) is 20.5 Å². The monoisotopic (exact) mass is 425 g/mol. The number of rotatable bonds is 6. The molecular weight excluding hydrogens is 402 g/mol. The Kier molecular flexibility index (Phi) is 6.73. The highest BCUT2D eigenvalue weighted by Gasteiger charge is 2.25. The van der Waals surface area contributed by atoms with Crippen LogP contribution in [0.4, 0.5) is 9.93 Å². The number of hydrogen-bond donors (Lipinski definition) is 2. The third kappa shape index (κ3) is 6.35. The van der Waals surface area contributed by atoms with Crippen molar-refractivity contribution in [3.05, 3.63) is 60.4 Å². The van der Waals surface area contributed by atoms with E-state index in [-0.39, 0.29) is 0 Å². The second-order valence-corrected chi connectivity index (χ2v) is 8.50. The Morgan fingerprint density at radius 3 is 2.43 bits per heavy atom. The molecule has 0 aliphatic carbocycles. The minimum atomic E-state index is -0.837. The van der Waals surface area contributed by atoms with Crippen molar-refractivity contribution in [2.45, 2.75) is 38.8 Å². The van der Waals surface area contributed by atoms with Gasteiger partial charge in [0.05, 0.1) is 0 Å². The number of carbonyl (C=O) groups excluding carboxylic acids is 2. The molecule has 2 amide bonds. The molecule has 0 saturated heterocycles. The van der Waals surface area contributed by atoms with E-state index in [2.05, 4.69) is 25.8 Å². The van der Waals surface area contributed by atoms with Gasteiger partial charge >= 0.3 is 6.09 Å². The normalized spacial score (nSPS) is 12.1. The van der Waals surface area contributed by atoms with Crippen molar-refractivity contribution in [2.24, 2.45) is 0 Å². The van der Waals surface area contributed by atoms with Crippen LogP contribution in [0.15, 0.2) is 54.9 Å². The standard InChI is InChI=1S/C21H23N5O3S/c1-21(2,3)29-20(28)23-16(13-14-7-5-4-6-8-14)17(27)24-19-26-25-18(30-19)15-9-11-22-12-10-15/h4-12,16H,13H2,1-3H3,(H,23,28)(H,24,26,27)/t16-/m0/s1. The van der Waals surface area contributed by atoms with Crippen LogP contribution in [0.2, 0.25) is 0 Å². The molecule has 9 heteroatoms. The number of alkyl carbamates (subject to hydrolysis) is 1. The van der Waals surface area contributed by atoms with E-state index in [1.54, 1.807) is 33.2 Å².